The molecular weight excluding hydrogens is 530 g/mol. The number of hydrogen-bond donors (Lipinski definition) is 2. The minimum atomic E-state index is -1.10. The number of rotatable bonds is 26. The molecule has 40 heavy (non-hydrogen) atoms. The Balaban J connectivity index is -0.00000114. The Bertz CT molecular complexity index is 583. The van der Waals surface area contributed by atoms with Gasteiger partial charge in [0.25, 0.3) is 0 Å². The maximum Gasteiger partial charge on any atom is 1.00 e. The van der Waals surface area contributed by atoms with E-state index in [4.69, 9.17) is 9.47 Å². The molecule has 0 rings (SSSR count). The van der Waals surface area contributed by atoms with Crippen molar-refractivity contribution >= 4 is 23.8 Å². The zero-order valence-corrected chi connectivity index (χ0v) is 30.4. The van der Waals surface area contributed by atoms with Crippen LogP contribution in [0.5, 0.6) is 0 Å². The Hall–Kier alpha value is -0.120. The van der Waals surface area contributed by atoms with Gasteiger partial charge in [-0.15, -0.1) is 0 Å². The Morgan fingerprint density at radius 2 is 0.750 bits per heavy atom. The second-order valence-corrected chi connectivity index (χ2v) is 10.1. The van der Waals surface area contributed by atoms with Gasteiger partial charge in [-0.1, -0.05) is 117 Å². The Kier molecular flexibility index (Phi) is 38.9. The smallest absolute Gasteiger partial charge is 1.00 e. The third-order valence-electron chi connectivity index (χ3n) is 6.50. The zero-order chi connectivity index (χ0) is 28.1. The van der Waals surface area contributed by atoms with E-state index in [-0.39, 0.29) is 100 Å². The molecule has 0 fully saturated rings. The normalized spacial score (nSPS) is 10.2. The molecule has 0 radical (unpaired) electrons. The SMILES string of the molecule is CCCCCCCCCCCC(=O)NCCOC(=O)C(=O)OCCNC(=O)CCCCCCCCCCC.[H-].[H-].[Na+].[Na+]. The zero-order valence-electron chi connectivity index (χ0n) is 28.4. The number of nitrogens with one attached hydrogen (secondary N) is 2. The van der Waals surface area contributed by atoms with Crippen molar-refractivity contribution in [3.8, 4) is 0 Å². The Labute approximate surface area is 291 Å². The maximum atomic E-state index is 11.8. The van der Waals surface area contributed by atoms with E-state index in [0.717, 1.165) is 38.5 Å². The van der Waals surface area contributed by atoms with Gasteiger partial charge in [-0.05, 0) is 12.8 Å². The summed E-state index contributed by atoms with van der Waals surface area (Å²) in [6.45, 7) is 4.57. The van der Waals surface area contributed by atoms with Crippen molar-refractivity contribution in [2.75, 3.05) is 26.3 Å². The molecule has 2 amide bonds. The van der Waals surface area contributed by atoms with Gasteiger partial charge in [0, 0.05) is 12.8 Å². The van der Waals surface area contributed by atoms with Crippen LogP contribution in [0.2, 0.25) is 0 Å². The van der Waals surface area contributed by atoms with Crippen molar-refractivity contribution in [1.82, 2.24) is 10.6 Å². The van der Waals surface area contributed by atoms with Gasteiger partial charge in [-0.2, -0.15) is 0 Å². The predicted octanol–water partition coefficient (Wildman–Crippen LogP) is 0.380. The van der Waals surface area contributed by atoms with E-state index in [9.17, 15) is 19.2 Å². The molecule has 0 aromatic carbocycles. The Morgan fingerprint density at radius 3 is 1.05 bits per heavy atom. The van der Waals surface area contributed by atoms with E-state index in [2.05, 4.69) is 24.5 Å². The first-order chi connectivity index (χ1) is 18.5. The van der Waals surface area contributed by atoms with Gasteiger partial charge in [-0.3, -0.25) is 9.59 Å². The monoisotopic (exact) mass is 588 g/mol. The minimum Gasteiger partial charge on any atom is -1.00 e. The first-order valence-corrected chi connectivity index (χ1v) is 15.4. The van der Waals surface area contributed by atoms with Crippen LogP contribution in [-0.4, -0.2) is 50.1 Å². The van der Waals surface area contributed by atoms with Crippen molar-refractivity contribution in [3.05, 3.63) is 0 Å². The summed E-state index contributed by atoms with van der Waals surface area (Å²) in [5, 5.41) is 5.38. The molecule has 0 aliphatic heterocycles. The molecule has 0 saturated carbocycles. The molecule has 0 unspecified atom stereocenters. The topological polar surface area (TPSA) is 111 Å². The number of carbonyl (C=O) groups is 4. The molecule has 226 valence electrons. The third-order valence-corrected chi connectivity index (χ3v) is 6.50. The number of esters is 2. The third kappa shape index (κ3) is 32.4. The summed E-state index contributed by atoms with van der Waals surface area (Å²) in [6.07, 6.45) is 22.4. The number of unbranched alkanes of at least 4 members (excludes halogenated alkanes) is 16. The van der Waals surface area contributed by atoms with Crippen LogP contribution in [-0.2, 0) is 28.7 Å². The fourth-order valence-corrected chi connectivity index (χ4v) is 4.16. The second kappa shape index (κ2) is 35.1. The summed E-state index contributed by atoms with van der Waals surface area (Å²) >= 11 is 0. The van der Waals surface area contributed by atoms with E-state index in [1.54, 1.807) is 0 Å². The van der Waals surface area contributed by atoms with E-state index in [1.807, 2.05) is 0 Å². The fourth-order valence-electron chi connectivity index (χ4n) is 4.16. The van der Waals surface area contributed by atoms with Gasteiger partial charge in [0.2, 0.25) is 11.8 Å². The maximum absolute atomic E-state index is 11.8. The first kappa shape index (κ1) is 44.3. The molecule has 0 aromatic heterocycles. The molecule has 0 spiro atoms. The summed E-state index contributed by atoms with van der Waals surface area (Å²) in [7, 11) is 0. The van der Waals surface area contributed by atoms with E-state index < -0.39 is 11.9 Å². The van der Waals surface area contributed by atoms with E-state index in [0.29, 0.717) is 12.8 Å². The molecule has 2 N–H and O–H groups in total. The number of hydrogen-bond acceptors (Lipinski definition) is 6. The van der Waals surface area contributed by atoms with Crippen LogP contribution in [0.4, 0.5) is 0 Å². The van der Waals surface area contributed by atoms with Crippen LogP contribution in [0.25, 0.3) is 0 Å². The second-order valence-electron chi connectivity index (χ2n) is 10.1. The van der Waals surface area contributed by atoms with Crippen LogP contribution in [0.15, 0.2) is 0 Å². The minimum absolute atomic E-state index is 0. The number of ether oxygens (including phenoxy) is 2. The van der Waals surface area contributed by atoms with Crippen LogP contribution in [0.3, 0.4) is 0 Å². The van der Waals surface area contributed by atoms with Gasteiger partial charge in [-0.25, -0.2) is 9.59 Å². The summed E-state index contributed by atoms with van der Waals surface area (Å²) in [5.74, 6) is -2.35. The molecule has 0 bridgehead atoms. The largest absolute Gasteiger partial charge is 1.00 e. The summed E-state index contributed by atoms with van der Waals surface area (Å²) in [6, 6.07) is 0. The summed E-state index contributed by atoms with van der Waals surface area (Å²) < 4.78 is 9.65. The van der Waals surface area contributed by atoms with Gasteiger partial charge in [0.15, 0.2) is 0 Å². The molecule has 0 atom stereocenters. The standard InChI is InChI=1S/C30H56N2O6.2Na.2H/c1-3-5-7-9-11-13-15-17-19-21-27(33)31-23-25-37-29(35)30(36)38-26-24-32-28(34)22-20-18-16-14-12-10-8-6-4-2;;;;/h3-26H2,1-2H3,(H,31,33)(H,32,34);;;;/q;2*+1;2*-1. The van der Waals surface area contributed by atoms with Gasteiger partial charge >= 0.3 is 71.1 Å². The average Bonchev–Trinajstić information content (AvgIpc) is 2.91. The van der Waals surface area contributed by atoms with Crippen LogP contribution >= 0.6 is 0 Å². The van der Waals surface area contributed by atoms with Crippen LogP contribution in [0.1, 0.15) is 145 Å². The van der Waals surface area contributed by atoms with Crippen molar-refractivity contribution in [1.29, 1.82) is 0 Å². The van der Waals surface area contributed by atoms with Crippen molar-refractivity contribution in [2.24, 2.45) is 0 Å². The molecule has 0 heterocycles. The number of carbonyl (C=O) groups excluding carboxylic acids is 4. The molecule has 0 aliphatic rings. The molecule has 0 saturated heterocycles. The summed E-state index contributed by atoms with van der Waals surface area (Å²) in [5.41, 5.74) is 0. The average molecular weight is 589 g/mol. The van der Waals surface area contributed by atoms with Crippen molar-refractivity contribution < 1.29 is 90.6 Å². The summed E-state index contributed by atoms with van der Waals surface area (Å²) in [4.78, 5) is 47.0. The quantitative estimate of drug-likeness (QED) is 0.0655. The van der Waals surface area contributed by atoms with E-state index in [1.165, 1.54) is 77.0 Å². The van der Waals surface area contributed by atoms with Crippen molar-refractivity contribution in [3.63, 3.8) is 0 Å². The van der Waals surface area contributed by atoms with Gasteiger partial charge in [0.05, 0.1) is 13.1 Å². The van der Waals surface area contributed by atoms with Crippen molar-refractivity contribution in [2.45, 2.75) is 142 Å². The number of amides is 2. The van der Waals surface area contributed by atoms with Crippen LogP contribution < -0.4 is 69.7 Å². The molecule has 10 heteroatoms. The van der Waals surface area contributed by atoms with E-state index >= 15 is 0 Å². The fraction of sp³-hybridized carbons (Fsp3) is 0.867. The van der Waals surface area contributed by atoms with Gasteiger partial charge in [0.1, 0.15) is 13.2 Å². The first-order valence-electron chi connectivity index (χ1n) is 15.4. The molecule has 0 aliphatic carbocycles. The predicted molar refractivity (Wildman–Crippen MR) is 154 cm³/mol. The molecular formula is C30H58N2Na2O6. The van der Waals surface area contributed by atoms with Crippen LogP contribution in [0, 0.1) is 0 Å². The van der Waals surface area contributed by atoms with Gasteiger partial charge < -0.3 is 23.0 Å². The molecule has 8 nitrogen and oxygen atoms in total. The molecule has 0 aromatic rings. The Morgan fingerprint density at radius 1 is 0.475 bits per heavy atom.